The van der Waals surface area contributed by atoms with E-state index in [1.54, 1.807) is 17.0 Å². The normalized spacial score (nSPS) is 14.0. The smallest absolute Gasteiger partial charge is 0.311 e. The standard InChI is InChI=1S/C20H21NO3/c1-15-4-6-16(7-5-15)8-13-20(23)24-18-11-9-17(10-12-18)21-14-2-3-19(21)22/h4-7,9-12H,2-3,8,13-14H2,1H3. The molecule has 0 N–H and O–H groups in total. The van der Waals surface area contributed by atoms with Gasteiger partial charge in [-0.15, -0.1) is 0 Å². The largest absolute Gasteiger partial charge is 0.427 e. The molecule has 0 saturated carbocycles. The Morgan fingerprint density at radius 1 is 1.08 bits per heavy atom. The van der Waals surface area contributed by atoms with E-state index in [1.807, 2.05) is 43.3 Å². The molecule has 1 aliphatic heterocycles. The van der Waals surface area contributed by atoms with E-state index in [4.69, 9.17) is 4.74 Å². The topological polar surface area (TPSA) is 46.6 Å². The number of ether oxygens (including phenoxy) is 1. The third-order valence-electron chi connectivity index (χ3n) is 4.19. The summed E-state index contributed by atoms with van der Waals surface area (Å²) in [6, 6.07) is 15.3. The van der Waals surface area contributed by atoms with Crippen LogP contribution >= 0.6 is 0 Å². The lowest BCUT2D eigenvalue weighted by Crippen LogP contribution is -2.23. The monoisotopic (exact) mass is 323 g/mol. The number of esters is 1. The second kappa shape index (κ2) is 7.30. The van der Waals surface area contributed by atoms with Crippen LogP contribution in [-0.2, 0) is 16.0 Å². The summed E-state index contributed by atoms with van der Waals surface area (Å²) in [5.74, 6) is 0.415. The lowest BCUT2D eigenvalue weighted by Gasteiger charge is -2.15. The van der Waals surface area contributed by atoms with Crippen molar-refractivity contribution in [1.82, 2.24) is 0 Å². The quantitative estimate of drug-likeness (QED) is 0.623. The highest BCUT2D eigenvalue weighted by atomic mass is 16.5. The van der Waals surface area contributed by atoms with E-state index >= 15 is 0 Å². The maximum atomic E-state index is 12.0. The van der Waals surface area contributed by atoms with Crippen molar-refractivity contribution in [1.29, 1.82) is 0 Å². The minimum atomic E-state index is -0.249. The molecule has 2 aromatic rings. The number of carbonyl (C=O) groups excluding carboxylic acids is 2. The summed E-state index contributed by atoms with van der Waals surface area (Å²) in [5, 5.41) is 0. The molecule has 4 heteroatoms. The number of hydrogen-bond acceptors (Lipinski definition) is 3. The van der Waals surface area contributed by atoms with Crippen molar-refractivity contribution < 1.29 is 14.3 Å². The highest BCUT2D eigenvalue weighted by Gasteiger charge is 2.21. The summed E-state index contributed by atoms with van der Waals surface area (Å²) >= 11 is 0. The molecule has 1 heterocycles. The number of anilines is 1. The van der Waals surface area contributed by atoms with Crippen LogP contribution in [-0.4, -0.2) is 18.4 Å². The van der Waals surface area contributed by atoms with Gasteiger partial charge < -0.3 is 9.64 Å². The first-order valence-electron chi connectivity index (χ1n) is 8.28. The molecule has 4 nitrogen and oxygen atoms in total. The summed E-state index contributed by atoms with van der Waals surface area (Å²) in [4.78, 5) is 25.4. The molecular weight excluding hydrogens is 302 g/mol. The first-order chi connectivity index (χ1) is 11.6. The lowest BCUT2D eigenvalue weighted by molar-refractivity contribution is -0.134. The van der Waals surface area contributed by atoms with Gasteiger partial charge in [0.25, 0.3) is 0 Å². The van der Waals surface area contributed by atoms with Crippen LogP contribution in [0.4, 0.5) is 5.69 Å². The van der Waals surface area contributed by atoms with Gasteiger partial charge in [-0.1, -0.05) is 29.8 Å². The highest BCUT2D eigenvalue weighted by molar-refractivity contribution is 5.95. The van der Waals surface area contributed by atoms with Crippen molar-refractivity contribution >= 4 is 17.6 Å². The Morgan fingerprint density at radius 3 is 2.42 bits per heavy atom. The molecule has 2 aromatic carbocycles. The van der Waals surface area contributed by atoms with Crippen molar-refractivity contribution in [2.75, 3.05) is 11.4 Å². The van der Waals surface area contributed by atoms with Gasteiger partial charge in [-0.25, -0.2) is 0 Å². The van der Waals surface area contributed by atoms with Crippen molar-refractivity contribution in [2.24, 2.45) is 0 Å². The van der Waals surface area contributed by atoms with Gasteiger partial charge in [0.1, 0.15) is 5.75 Å². The van der Waals surface area contributed by atoms with Gasteiger partial charge in [0.2, 0.25) is 5.91 Å². The summed E-state index contributed by atoms with van der Waals surface area (Å²) in [7, 11) is 0. The van der Waals surface area contributed by atoms with Crippen LogP contribution < -0.4 is 9.64 Å². The summed E-state index contributed by atoms with van der Waals surface area (Å²) in [6.45, 7) is 2.80. The third-order valence-corrected chi connectivity index (χ3v) is 4.19. The number of amides is 1. The lowest BCUT2D eigenvalue weighted by atomic mass is 10.1. The average molecular weight is 323 g/mol. The Kier molecular flexibility index (Phi) is 4.94. The van der Waals surface area contributed by atoms with Crippen LogP contribution in [0.1, 0.15) is 30.4 Å². The maximum absolute atomic E-state index is 12.0. The molecular formula is C20H21NO3. The van der Waals surface area contributed by atoms with Crippen molar-refractivity contribution in [3.63, 3.8) is 0 Å². The molecule has 0 radical (unpaired) electrons. The Hall–Kier alpha value is -2.62. The van der Waals surface area contributed by atoms with E-state index < -0.39 is 0 Å². The predicted octanol–water partition coefficient (Wildman–Crippen LogP) is 3.66. The Morgan fingerprint density at radius 2 is 1.79 bits per heavy atom. The van der Waals surface area contributed by atoms with E-state index in [9.17, 15) is 9.59 Å². The average Bonchev–Trinajstić information content (AvgIpc) is 3.01. The van der Waals surface area contributed by atoms with Crippen molar-refractivity contribution in [3.05, 3.63) is 59.7 Å². The first-order valence-corrected chi connectivity index (χ1v) is 8.28. The zero-order valence-electron chi connectivity index (χ0n) is 13.8. The zero-order valence-corrected chi connectivity index (χ0v) is 13.8. The van der Waals surface area contributed by atoms with Crippen LogP contribution in [0.3, 0.4) is 0 Å². The number of hydrogen-bond donors (Lipinski definition) is 0. The fourth-order valence-corrected chi connectivity index (χ4v) is 2.80. The van der Waals surface area contributed by atoms with Crippen LogP contribution in [0.5, 0.6) is 5.75 Å². The molecule has 0 aliphatic carbocycles. The van der Waals surface area contributed by atoms with Crippen LogP contribution in [0.15, 0.2) is 48.5 Å². The minimum absolute atomic E-state index is 0.151. The van der Waals surface area contributed by atoms with E-state index in [-0.39, 0.29) is 11.9 Å². The van der Waals surface area contributed by atoms with Gasteiger partial charge in [0.15, 0.2) is 0 Å². The van der Waals surface area contributed by atoms with E-state index in [1.165, 1.54) is 5.56 Å². The van der Waals surface area contributed by atoms with Gasteiger partial charge in [-0.3, -0.25) is 9.59 Å². The van der Waals surface area contributed by atoms with E-state index in [0.717, 1.165) is 24.2 Å². The molecule has 1 saturated heterocycles. The summed E-state index contributed by atoms with van der Waals surface area (Å²) in [6.07, 6.45) is 2.51. The fraction of sp³-hybridized carbons (Fsp3) is 0.300. The van der Waals surface area contributed by atoms with Crippen molar-refractivity contribution in [3.8, 4) is 5.75 Å². The molecule has 0 aromatic heterocycles. The Bertz CT molecular complexity index is 720. The molecule has 0 bridgehead atoms. The number of aryl methyl sites for hydroxylation is 2. The van der Waals surface area contributed by atoms with Crippen LogP contribution in [0, 0.1) is 6.92 Å². The molecule has 1 amide bonds. The molecule has 0 atom stereocenters. The zero-order chi connectivity index (χ0) is 16.9. The van der Waals surface area contributed by atoms with Crippen LogP contribution in [0.25, 0.3) is 0 Å². The third kappa shape index (κ3) is 4.02. The van der Waals surface area contributed by atoms with Gasteiger partial charge in [-0.05, 0) is 49.6 Å². The fourth-order valence-electron chi connectivity index (χ4n) is 2.80. The number of rotatable bonds is 5. The van der Waals surface area contributed by atoms with E-state index in [0.29, 0.717) is 25.0 Å². The predicted molar refractivity (Wildman–Crippen MR) is 93.2 cm³/mol. The summed E-state index contributed by atoms with van der Waals surface area (Å²) in [5.41, 5.74) is 3.19. The van der Waals surface area contributed by atoms with Crippen LogP contribution in [0.2, 0.25) is 0 Å². The van der Waals surface area contributed by atoms with E-state index in [2.05, 4.69) is 0 Å². The number of carbonyl (C=O) groups is 2. The molecule has 0 unspecified atom stereocenters. The highest BCUT2D eigenvalue weighted by Crippen LogP contribution is 2.24. The van der Waals surface area contributed by atoms with Crippen molar-refractivity contribution in [2.45, 2.75) is 32.6 Å². The molecule has 3 rings (SSSR count). The summed E-state index contributed by atoms with van der Waals surface area (Å²) < 4.78 is 5.36. The molecule has 1 aliphatic rings. The SMILES string of the molecule is Cc1ccc(CCC(=O)Oc2ccc(N3CCCC3=O)cc2)cc1. The van der Waals surface area contributed by atoms with Gasteiger partial charge in [-0.2, -0.15) is 0 Å². The Balaban J connectivity index is 1.52. The first kappa shape index (κ1) is 16.2. The molecule has 124 valence electrons. The number of benzene rings is 2. The second-order valence-electron chi connectivity index (χ2n) is 6.10. The van der Waals surface area contributed by atoms with Gasteiger partial charge in [0.05, 0.1) is 0 Å². The Labute approximate surface area is 142 Å². The molecule has 0 spiro atoms. The maximum Gasteiger partial charge on any atom is 0.311 e. The molecule has 24 heavy (non-hydrogen) atoms. The number of nitrogens with zero attached hydrogens (tertiary/aromatic N) is 1. The molecule has 1 fully saturated rings. The minimum Gasteiger partial charge on any atom is -0.427 e. The van der Waals surface area contributed by atoms with Gasteiger partial charge >= 0.3 is 5.97 Å². The second-order valence-corrected chi connectivity index (χ2v) is 6.10. The van der Waals surface area contributed by atoms with Gasteiger partial charge in [0, 0.05) is 25.1 Å².